The Balaban J connectivity index is 2.47. The molecular formula is C12H22N2O2. The van der Waals surface area contributed by atoms with E-state index in [2.05, 4.69) is 10.6 Å². The van der Waals surface area contributed by atoms with Crippen molar-refractivity contribution in [3.8, 4) is 0 Å². The number of carbonyl (C=O) groups excluding carboxylic acids is 2. The summed E-state index contributed by atoms with van der Waals surface area (Å²) in [6, 6.07) is 0.272. The molecule has 2 N–H and O–H groups in total. The van der Waals surface area contributed by atoms with Crippen LogP contribution in [-0.4, -0.2) is 23.9 Å². The molecule has 1 fully saturated rings. The highest BCUT2D eigenvalue weighted by Crippen LogP contribution is 2.23. The van der Waals surface area contributed by atoms with E-state index in [1.54, 1.807) is 0 Å². The minimum absolute atomic E-state index is 0.0381. The van der Waals surface area contributed by atoms with Crippen LogP contribution in [0.4, 0.5) is 0 Å². The van der Waals surface area contributed by atoms with Crippen LogP contribution in [0, 0.1) is 5.41 Å². The van der Waals surface area contributed by atoms with Crippen molar-refractivity contribution in [1.82, 2.24) is 10.6 Å². The van der Waals surface area contributed by atoms with Crippen LogP contribution in [0.25, 0.3) is 0 Å². The number of nitrogens with one attached hydrogen (secondary N) is 2. The van der Waals surface area contributed by atoms with Crippen molar-refractivity contribution in [3.63, 3.8) is 0 Å². The summed E-state index contributed by atoms with van der Waals surface area (Å²) in [6.45, 7) is 7.56. The van der Waals surface area contributed by atoms with Gasteiger partial charge in [-0.3, -0.25) is 9.59 Å². The monoisotopic (exact) mass is 226 g/mol. The molecule has 0 spiro atoms. The molecule has 0 radical (unpaired) electrons. The summed E-state index contributed by atoms with van der Waals surface area (Å²) < 4.78 is 0. The van der Waals surface area contributed by atoms with Gasteiger partial charge < -0.3 is 10.6 Å². The molecule has 0 saturated heterocycles. The molecule has 4 heteroatoms. The number of hydrogen-bond donors (Lipinski definition) is 2. The van der Waals surface area contributed by atoms with Crippen LogP contribution < -0.4 is 10.6 Å². The second-order valence-electron chi connectivity index (χ2n) is 5.67. The third kappa shape index (κ3) is 4.64. The van der Waals surface area contributed by atoms with E-state index in [0.717, 1.165) is 12.8 Å². The van der Waals surface area contributed by atoms with Gasteiger partial charge in [-0.1, -0.05) is 20.8 Å². The van der Waals surface area contributed by atoms with Crippen LogP contribution in [-0.2, 0) is 9.59 Å². The Hall–Kier alpha value is -1.06. The molecule has 1 atom stereocenters. The molecule has 0 aromatic heterocycles. The van der Waals surface area contributed by atoms with Crippen LogP contribution in [0.5, 0.6) is 0 Å². The Kier molecular flexibility index (Phi) is 3.94. The molecule has 0 heterocycles. The molecule has 1 aliphatic rings. The molecule has 0 aliphatic heterocycles. The number of carbonyl (C=O) groups is 2. The van der Waals surface area contributed by atoms with Gasteiger partial charge in [0.05, 0.1) is 0 Å². The van der Waals surface area contributed by atoms with Crippen LogP contribution in [0.3, 0.4) is 0 Å². The highest BCUT2D eigenvalue weighted by molar-refractivity contribution is 5.79. The van der Waals surface area contributed by atoms with Crippen molar-refractivity contribution in [1.29, 1.82) is 0 Å². The van der Waals surface area contributed by atoms with Crippen molar-refractivity contribution in [2.24, 2.45) is 5.41 Å². The molecule has 0 aromatic carbocycles. The average molecular weight is 226 g/mol. The fourth-order valence-corrected chi connectivity index (χ4v) is 1.52. The average Bonchev–Trinajstić information content (AvgIpc) is 2.84. The lowest BCUT2D eigenvalue weighted by molar-refractivity contribution is -0.124. The van der Waals surface area contributed by atoms with Gasteiger partial charge in [-0.15, -0.1) is 0 Å². The maximum absolute atomic E-state index is 11.7. The maximum Gasteiger partial charge on any atom is 0.222 e. The highest BCUT2D eigenvalue weighted by atomic mass is 16.2. The molecular weight excluding hydrogens is 204 g/mol. The fraction of sp³-hybridized carbons (Fsp3) is 0.833. The Morgan fingerprint density at radius 3 is 2.25 bits per heavy atom. The predicted molar refractivity (Wildman–Crippen MR) is 62.8 cm³/mol. The molecule has 4 nitrogen and oxygen atoms in total. The maximum atomic E-state index is 11.7. The van der Waals surface area contributed by atoms with E-state index in [0.29, 0.717) is 12.5 Å². The molecule has 16 heavy (non-hydrogen) atoms. The van der Waals surface area contributed by atoms with Gasteiger partial charge in [-0.25, -0.2) is 0 Å². The van der Waals surface area contributed by atoms with Crippen LogP contribution in [0.2, 0.25) is 0 Å². The predicted octanol–water partition coefficient (Wildman–Crippen LogP) is 1.21. The number of rotatable bonds is 4. The van der Waals surface area contributed by atoms with Gasteiger partial charge in [0.25, 0.3) is 0 Å². The Morgan fingerprint density at radius 2 is 1.88 bits per heavy atom. The first-order valence-corrected chi connectivity index (χ1v) is 5.85. The smallest absolute Gasteiger partial charge is 0.222 e. The van der Waals surface area contributed by atoms with Crippen LogP contribution in [0.1, 0.15) is 47.0 Å². The third-order valence-corrected chi connectivity index (χ3v) is 2.75. The van der Waals surface area contributed by atoms with E-state index < -0.39 is 0 Å². The molecule has 1 rings (SSSR count). The third-order valence-electron chi connectivity index (χ3n) is 2.75. The zero-order valence-corrected chi connectivity index (χ0v) is 10.6. The molecule has 1 saturated carbocycles. The fourth-order valence-electron chi connectivity index (χ4n) is 1.52. The lowest BCUT2D eigenvalue weighted by Crippen LogP contribution is -2.46. The summed E-state index contributed by atoms with van der Waals surface area (Å²) >= 11 is 0. The van der Waals surface area contributed by atoms with Gasteiger partial charge in [-0.05, 0) is 18.3 Å². The molecule has 92 valence electrons. The summed E-state index contributed by atoms with van der Waals surface area (Å²) in [5.74, 6) is -0.0460. The van der Waals surface area contributed by atoms with Crippen molar-refractivity contribution < 1.29 is 9.59 Å². The first kappa shape index (κ1) is 13.0. The summed E-state index contributed by atoms with van der Waals surface area (Å²) in [6.07, 6.45) is 2.54. The lowest BCUT2D eigenvalue weighted by Gasteiger charge is -2.30. The van der Waals surface area contributed by atoms with Crippen LogP contribution in [0.15, 0.2) is 0 Å². The SMILES string of the molecule is CC(=O)N[C@H](CC(=O)NC1CC1)C(C)(C)C. The van der Waals surface area contributed by atoms with Gasteiger partial charge in [-0.2, -0.15) is 0 Å². The zero-order chi connectivity index (χ0) is 12.3. The first-order valence-electron chi connectivity index (χ1n) is 5.85. The standard InChI is InChI=1S/C12H22N2O2/c1-8(15)13-10(12(2,3)4)7-11(16)14-9-5-6-9/h9-10H,5-7H2,1-4H3,(H,13,15)(H,14,16)/t10-/m1/s1. The minimum Gasteiger partial charge on any atom is -0.353 e. The summed E-state index contributed by atoms with van der Waals surface area (Å²) in [4.78, 5) is 22.7. The summed E-state index contributed by atoms with van der Waals surface area (Å²) in [7, 11) is 0. The van der Waals surface area contributed by atoms with Crippen molar-refractivity contribution in [3.05, 3.63) is 0 Å². The molecule has 1 aliphatic carbocycles. The minimum atomic E-state index is -0.108. The van der Waals surface area contributed by atoms with E-state index in [4.69, 9.17) is 0 Å². The van der Waals surface area contributed by atoms with E-state index in [1.165, 1.54) is 6.92 Å². The van der Waals surface area contributed by atoms with E-state index in [1.807, 2.05) is 20.8 Å². The Morgan fingerprint density at radius 1 is 1.31 bits per heavy atom. The van der Waals surface area contributed by atoms with Crippen molar-refractivity contribution in [2.45, 2.75) is 59.0 Å². The van der Waals surface area contributed by atoms with Gasteiger partial charge in [0.15, 0.2) is 0 Å². The van der Waals surface area contributed by atoms with E-state index >= 15 is 0 Å². The Labute approximate surface area is 97.2 Å². The van der Waals surface area contributed by atoms with Crippen molar-refractivity contribution >= 4 is 11.8 Å². The molecule has 2 amide bonds. The number of amides is 2. The molecule has 0 unspecified atom stereocenters. The van der Waals surface area contributed by atoms with Gasteiger partial charge in [0, 0.05) is 25.4 Å². The molecule has 0 bridgehead atoms. The summed E-state index contributed by atoms with van der Waals surface area (Å²) in [5, 5.41) is 5.78. The van der Waals surface area contributed by atoms with Crippen LogP contribution >= 0.6 is 0 Å². The molecule has 0 aromatic rings. The second kappa shape index (κ2) is 4.85. The topological polar surface area (TPSA) is 58.2 Å². The van der Waals surface area contributed by atoms with Gasteiger partial charge >= 0.3 is 0 Å². The quantitative estimate of drug-likeness (QED) is 0.757. The van der Waals surface area contributed by atoms with E-state index in [9.17, 15) is 9.59 Å². The van der Waals surface area contributed by atoms with E-state index in [-0.39, 0.29) is 23.3 Å². The van der Waals surface area contributed by atoms with Gasteiger partial charge in [0.1, 0.15) is 0 Å². The largest absolute Gasteiger partial charge is 0.353 e. The Bertz CT molecular complexity index is 277. The normalized spacial score (nSPS) is 17.8. The number of hydrogen-bond acceptors (Lipinski definition) is 2. The first-order chi connectivity index (χ1) is 7.29. The van der Waals surface area contributed by atoms with Gasteiger partial charge in [0.2, 0.25) is 11.8 Å². The lowest BCUT2D eigenvalue weighted by atomic mass is 9.84. The highest BCUT2D eigenvalue weighted by Gasteiger charge is 2.30. The zero-order valence-electron chi connectivity index (χ0n) is 10.6. The summed E-state index contributed by atoms with van der Waals surface area (Å²) in [5.41, 5.74) is -0.105. The van der Waals surface area contributed by atoms with Crippen molar-refractivity contribution in [2.75, 3.05) is 0 Å². The second-order valence-corrected chi connectivity index (χ2v) is 5.67.